The Morgan fingerprint density at radius 3 is 2.00 bits per heavy atom. The zero-order valence-electron chi connectivity index (χ0n) is 7.61. The van der Waals surface area contributed by atoms with Crippen LogP contribution in [-0.4, -0.2) is 32.8 Å². The van der Waals surface area contributed by atoms with Crippen molar-refractivity contribution in [1.82, 2.24) is 10.0 Å². The van der Waals surface area contributed by atoms with E-state index in [1.165, 1.54) is 0 Å². The lowest BCUT2D eigenvalue weighted by Gasteiger charge is -2.28. The Morgan fingerprint density at radius 2 is 1.77 bits per heavy atom. The van der Waals surface area contributed by atoms with E-state index >= 15 is 0 Å². The van der Waals surface area contributed by atoms with Gasteiger partial charge in [-0.05, 0) is 13.8 Å². The molecule has 0 amide bonds. The van der Waals surface area contributed by atoms with Crippen LogP contribution in [0, 0.1) is 0 Å². The Kier molecular flexibility index (Phi) is 7.38. The van der Waals surface area contributed by atoms with Gasteiger partial charge in [0.25, 0.3) is 0 Å². The zero-order chi connectivity index (χ0) is 8.48. The number of hydrogen-bond acceptors (Lipinski definition) is 3. The van der Waals surface area contributed by atoms with Crippen molar-refractivity contribution in [3.63, 3.8) is 0 Å². The molecule has 0 spiro atoms. The first-order valence-electron chi connectivity index (χ1n) is 3.74. The minimum atomic E-state index is -3.05. The van der Waals surface area contributed by atoms with E-state index in [0.29, 0.717) is 0 Å². The van der Waals surface area contributed by atoms with Gasteiger partial charge in [-0.1, -0.05) is 0 Å². The molecule has 1 rings (SSSR count). The summed E-state index contributed by atoms with van der Waals surface area (Å²) < 4.78 is 25.0. The van der Waals surface area contributed by atoms with E-state index in [1.54, 1.807) is 13.8 Å². The van der Waals surface area contributed by atoms with Gasteiger partial charge in [-0.2, -0.15) is 0 Å². The maximum absolute atomic E-state index is 11.2. The molecule has 0 saturated carbocycles. The molecule has 7 heteroatoms. The summed E-state index contributed by atoms with van der Waals surface area (Å²) in [5.74, 6) is 0. The van der Waals surface area contributed by atoms with E-state index in [2.05, 4.69) is 10.0 Å². The van der Waals surface area contributed by atoms with Crippen molar-refractivity contribution in [1.29, 1.82) is 0 Å². The van der Waals surface area contributed by atoms with Gasteiger partial charge in [0.1, 0.15) is 0 Å². The molecule has 0 aromatic rings. The Hall–Kier alpha value is 0.450. The second kappa shape index (κ2) is 6.03. The number of rotatable bonds is 3. The molecule has 0 aliphatic carbocycles. The molecular formula is C6H16Cl2N2O2S. The van der Waals surface area contributed by atoms with E-state index < -0.39 is 10.0 Å². The predicted molar refractivity (Wildman–Crippen MR) is 58.3 cm³/mol. The van der Waals surface area contributed by atoms with Gasteiger partial charge in [-0.25, -0.2) is 13.1 Å². The van der Waals surface area contributed by atoms with Crippen LogP contribution in [0.1, 0.15) is 13.8 Å². The first-order valence-corrected chi connectivity index (χ1v) is 5.29. The molecule has 1 aliphatic heterocycles. The molecule has 0 radical (unpaired) electrons. The van der Waals surface area contributed by atoms with Crippen LogP contribution < -0.4 is 10.0 Å². The summed E-state index contributed by atoms with van der Waals surface area (Å²) >= 11 is 0. The van der Waals surface area contributed by atoms with Gasteiger partial charge in [0.15, 0.2) is 0 Å². The average Bonchev–Trinajstić information content (AvgIpc) is 1.79. The standard InChI is InChI=1S/C6H14N2O2S.2ClH/c1-5(2)11(9,10)8-6-3-7-4-6;;/h5-8H,3-4H2,1-2H3;2*1H. The van der Waals surface area contributed by atoms with Gasteiger partial charge in [0.05, 0.1) is 5.25 Å². The smallest absolute Gasteiger partial charge is 0.214 e. The number of nitrogens with one attached hydrogen (secondary N) is 2. The largest absolute Gasteiger partial charge is 0.313 e. The molecule has 0 bridgehead atoms. The van der Waals surface area contributed by atoms with Crippen molar-refractivity contribution in [2.24, 2.45) is 0 Å². The van der Waals surface area contributed by atoms with Gasteiger partial charge < -0.3 is 5.32 Å². The predicted octanol–water partition coefficient (Wildman–Crippen LogP) is 0.130. The number of sulfonamides is 1. The van der Waals surface area contributed by atoms with Crippen LogP contribution in [0.3, 0.4) is 0 Å². The van der Waals surface area contributed by atoms with E-state index in [0.717, 1.165) is 13.1 Å². The van der Waals surface area contributed by atoms with Crippen molar-refractivity contribution < 1.29 is 8.42 Å². The summed E-state index contributed by atoms with van der Waals surface area (Å²) in [6, 6.07) is 0.113. The molecular weight excluding hydrogens is 235 g/mol. The fourth-order valence-corrected chi connectivity index (χ4v) is 1.64. The SMILES string of the molecule is CC(C)S(=O)(=O)NC1CNC1.Cl.Cl. The Balaban J connectivity index is 0. The van der Waals surface area contributed by atoms with Crippen LogP contribution in [0.5, 0.6) is 0 Å². The lowest BCUT2D eigenvalue weighted by molar-refractivity contribution is 0.409. The second-order valence-electron chi connectivity index (χ2n) is 3.07. The summed E-state index contributed by atoms with van der Waals surface area (Å²) in [7, 11) is -3.05. The Labute approximate surface area is 91.7 Å². The quantitative estimate of drug-likeness (QED) is 0.749. The van der Waals surface area contributed by atoms with Crippen molar-refractivity contribution in [2.45, 2.75) is 25.1 Å². The summed E-state index contributed by atoms with van der Waals surface area (Å²) in [4.78, 5) is 0. The molecule has 1 fully saturated rings. The molecule has 1 heterocycles. The van der Waals surface area contributed by atoms with Crippen molar-refractivity contribution in [3.8, 4) is 0 Å². The molecule has 0 aromatic heterocycles. The lowest BCUT2D eigenvalue weighted by atomic mass is 10.2. The normalized spacial score (nSPS) is 17.2. The molecule has 82 valence electrons. The third kappa shape index (κ3) is 4.46. The maximum Gasteiger partial charge on any atom is 0.214 e. The number of halogens is 2. The molecule has 13 heavy (non-hydrogen) atoms. The van der Waals surface area contributed by atoms with Crippen molar-refractivity contribution >= 4 is 34.8 Å². The highest BCUT2D eigenvalue weighted by molar-refractivity contribution is 7.90. The fourth-order valence-electron chi connectivity index (χ4n) is 0.740. The second-order valence-corrected chi connectivity index (χ2v) is 5.34. The maximum atomic E-state index is 11.2. The summed E-state index contributed by atoms with van der Waals surface area (Å²) in [5, 5.41) is 2.67. The van der Waals surface area contributed by atoms with Gasteiger partial charge in [-0.15, -0.1) is 24.8 Å². The van der Waals surface area contributed by atoms with Crippen LogP contribution in [-0.2, 0) is 10.0 Å². The van der Waals surface area contributed by atoms with E-state index in [-0.39, 0.29) is 36.1 Å². The monoisotopic (exact) mass is 250 g/mol. The molecule has 2 N–H and O–H groups in total. The van der Waals surface area contributed by atoms with Crippen molar-refractivity contribution in [2.75, 3.05) is 13.1 Å². The van der Waals surface area contributed by atoms with Gasteiger partial charge >= 0.3 is 0 Å². The van der Waals surface area contributed by atoms with Crippen LogP contribution in [0.2, 0.25) is 0 Å². The third-order valence-corrected chi connectivity index (χ3v) is 3.64. The zero-order valence-corrected chi connectivity index (χ0v) is 10.1. The highest BCUT2D eigenvalue weighted by Crippen LogP contribution is 2.00. The van der Waals surface area contributed by atoms with E-state index in [9.17, 15) is 8.42 Å². The topological polar surface area (TPSA) is 58.2 Å². The first-order chi connectivity index (χ1) is 5.02. The minimum Gasteiger partial charge on any atom is -0.313 e. The van der Waals surface area contributed by atoms with Crippen LogP contribution >= 0.6 is 24.8 Å². The molecule has 0 unspecified atom stereocenters. The average molecular weight is 251 g/mol. The molecule has 1 aliphatic rings. The van der Waals surface area contributed by atoms with Crippen LogP contribution in [0.4, 0.5) is 0 Å². The van der Waals surface area contributed by atoms with Gasteiger partial charge in [0.2, 0.25) is 10.0 Å². The highest BCUT2D eigenvalue weighted by Gasteiger charge is 2.24. The Morgan fingerprint density at radius 1 is 1.31 bits per heavy atom. The fraction of sp³-hybridized carbons (Fsp3) is 1.00. The van der Waals surface area contributed by atoms with Gasteiger partial charge in [-0.3, -0.25) is 0 Å². The van der Waals surface area contributed by atoms with Crippen LogP contribution in [0.25, 0.3) is 0 Å². The lowest BCUT2D eigenvalue weighted by Crippen LogP contribution is -2.57. The third-order valence-electron chi connectivity index (χ3n) is 1.73. The Bertz CT molecular complexity index is 227. The van der Waals surface area contributed by atoms with E-state index in [1.807, 2.05) is 0 Å². The van der Waals surface area contributed by atoms with E-state index in [4.69, 9.17) is 0 Å². The molecule has 0 aromatic carbocycles. The highest BCUT2D eigenvalue weighted by atomic mass is 35.5. The summed E-state index contributed by atoms with van der Waals surface area (Å²) in [5.41, 5.74) is 0. The number of hydrogen-bond donors (Lipinski definition) is 2. The summed E-state index contributed by atoms with van der Waals surface area (Å²) in [6.45, 7) is 4.86. The molecule has 4 nitrogen and oxygen atoms in total. The summed E-state index contributed by atoms with van der Waals surface area (Å²) in [6.07, 6.45) is 0. The first kappa shape index (κ1) is 15.9. The van der Waals surface area contributed by atoms with Crippen LogP contribution in [0.15, 0.2) is 0 Å². The van der Waals surface area contributed by atoms with Crippen molar-refractivity contribution in [3.05, 3.63) is 0 Å². The minimum absolute atomic E-state index is 0. The molecule has 1 saturated heterocycles. The van der Waals surface area contributed by atoms with Gasteiger partial charge in [0, 0.05) is 19.1 Å². The molecule has 0 atom stereocenters.